The van der Waals surface area contributed by atoms with Crippen LogP contribution in [0.3, 0.4) is 0 Å². The third kappa shape index (κ3) is 7.22. The standard InChI is InChI=1S/C54H47PS4.Os/c1-8-20-44-32-46-51(49-29-34(3)37(6)56-49)54-47(52(53(46)58-44)50-30-35(4)38(7)57-50)33-48(59-54)45(31-40-22-19-21-39(40)9-2)36(5)55(41-23-13-10-14-24-41,42-25-15-11-16-26-42)43-27-17-12-18-28-43;/h8-18,20,23-33H,19,21-22H2,1-4,6-7H3;/q+1;/b20-8+,39-9?,40-31?,45-36?;. The molecule has 4 heterocycles. The van der Waals surface area contributed by atoms with E-state index < -0.39 is 7.26 Å². The molecule has 0 radical (unpaired) electrons. The summed E-state index contributed by atoms with van der Waals surface area (Å²) in [5.41, 5.74) is 9.71. The Labute approximate surface area is 381 Å². The zero-order valence-corrected chi connectivity index (χ0v) is 41.5. The Morgan fingerprint density at radius 1 is 0.617 bits per heavy atom. The molecular weight excluding hydrogens is 998 g/mol. The van der Waals surface area contributed by atoms with Crippen molar-refractivity contribution in [1.82, 2.24) is 0 Å². The summed E-state index contributed by atoms with van der Waals surface area (Å²) in [6, 6.07) is 43.9. The predicted molar refractivity (Wildman–Crippen MR) is 269 cm³/mol. The molecule has 1 aliphatic rings. The predicted octanol–water partition coefficient (Wildman–Crippen LogP) is 16.1. The van der Waals surface area contributed by atoms with Gasteiger partial charge in [-0.15, -0.1) is 0 Å². The van der Waals surface area contributed by atoms with E-state index in [1.165, 1.54) is 116 Å². The summed E-state index contributed by atoms with van der Waals surface area (Å²) >= 11 is 9.71. The number of allylic oxidation sites excluding steroid dienone is 7. The molecule has 1 fully saturated rings. The monoisotopic (exact) mass is 1050 g/mol. The number of benzene rings is 4. The van der Waals surface area contributed by atoms with Gasteiger partial charge in [0.15, 0.2) is 0 Å². The Hall–Kier alpha value is -3.99. The topological polar surface area (TPSA) is 0 Å². The van der Waals surface area contributed by atoms with Gasteiger partial charge in [-0.1, -0.05) is 0 Å². The Balaban J connectivity index is 1.49. The van der Waals surface area contributed by atoms with E-state index >= 15 is 0 Å². The molecule has 1 aliphatic carbocycles. The molecule has 0 bridgehead atoms. The summed E-state index contributed by atoms with van der Waals surface area (Å²) in [7, 11) is -2.49. The van der Waals surface area contributed by atoms with Crippen molar-refractivity contribution in [3.63, 3.8) is 0 Å². The Bertz CT molecular complexity index is 2830. The van der Waals surface area contributed by atoms with Crippen molar-refractivity contribution >= 4 is 100 Å². The first-order valence-electron chi connectivity index (χ1n) is 20.6. The van der Waals surface area contributed by atoms with Crippen molar-refractivity contribution in [3.8, 4) is 25.3 Å². The van der Waals surface area contributed by atoms with E-state index in [9.17, 15) is 0 Å². The molecule has 60 heavy (non-hydrogen) atoms. The summed E-state index contributed by atoms with van der Waals surface area (Å²) in [5, 5.41) is 8.05. The van der Waals surface area contributed by atoms with E-state index in [1.807, 2.05) is 63.3 Å². The van der Waals surface area contributed by atoms with Gasteiger partial charge in [-0.2, -0.15) is 0 Å². The van der Waals surface area contributed by atoms with Gasteiger partial charge in [0, 0.05) is 0 Å². The third-order valence-electron chi connectivity index (χ3n) is 12.0. The Morgan fingerprint density at radius 2 is 1.12 bits per heavy atom. The van der Waals surface area contributed by atoms with Crippen molar-refractivity contribution in [2.45, 2.75) is 60.8 Å². The molecular formula is C54H47OsPS4+. The number of rotatable bonds is 9. The molecule has 0 atom stereocenters. The van der Waals surface area contributed by atoms with Gasteiger partial charge in [-0.25, -0.2) is 0 Å². The normalized spacial score (nSPS) is 15.2. The molecule has 0 spiro atoms. The molecule has 1 saturated carbocycles. The van der Waals surface area contributed by atoms with E-state index in [1.54, 1.807) is 0 Å². The van der Waals surface area contributed by atoms with Crippen LogP contribution >= 0.6 is 52.6 Å². The van der Waals surface area contributed by atoms with Crippen LogP contribution in [-0.4, -0.2) is 0 Å². The second-order valence-electron chi connectivity index (χ2n) is 15.6. The zero-order chi connectivity index (χ0) is 41.5. The van der Waals surface area contributed by atoms with E-state index in [0.29, 0.717) is 0 Å². The first kappa shape index (κ1) is 41.4. The minimum absolute atomic E-state index is 1.09. The van der Waals surface area contributed by atoms with E-state index in [0.717, 1.165) is 12.8 Å². The van der Waals surface area contributed by atoms with Gasteiger partial charge < -0.3 is 0 Å². The molecule has 0 aliphatic heterocycles. The molecule has 299 valence electrons. The second kappa shape index (κ2) is 17.4. The SMILES string of the molecule is CC=C1CCCC1=CC(=C([C]#[Os])[P+](c1ccccc1)(c1ccccc1)c1ccccc1)c1cc2c(-c3cc(C)c(C)s3)c3sc(/C=C/C)cc3c(-c3cc(C)c(C)s3)c2s1. The Morgan fingerprint density at radius 3 is 1.58 bits per heavy atom. The van der Waals surface area contributed by atoms with E-state index in [4.69, 9.17) is 0 Å². The zero-order valence-electron chi connectivity index (χ0n) is 34.8. The number of thiophene rings is 4. The van der Waals surface area contributed by atoms with Crippen LogP contribution < -0.4 is 15.9 Å². The fourth-order valence-electron chi connectivity index (χ4n) is 8.84. The van der Waals surface area contributed by atoms with Gasteiger partial charge in [-0.05, 0) is 6.92 Å². The summed E-state index contributed by atoms with van der Waals surface area (Å²) in [6.07, 6.45) is 12.8. The molecule has 0 saturated heterocycles. The van der Waals surface area contributed by atoms with Gasteiger partial charge in [0.2, 0.25) is 0 Å². The van der Waals surface area contributed by atoms with Gasteiger partial charge in [0.25, 0.3) is 0 Å². The first-order valence-corrected chi connectivity index (χ1v) is 26.9. The molecule has 4 aromatic carbocycles. The van der Waals surface area contributed by atoms with Crippen LogP contribution in [-0.2, 0) is 17.9 Å². The van der Waals surface area contributed by atoms with Gasteiger partial charge in [-0.3, -0.25) is 0 Å². The molecule has 0 N–H and O–H groups in total. The molecule has 6 heteroatoms. The van der Waals surface area contributed by atoms with Crippen molar-refractivity contribution < 1.29 is 17.9 Å². The maximum atomic E-state index is 4.05. The van der Waals surface area contributed by atoms with Gasteiger partial charge in [0.1, 0.15) is 0 Å². The molecule has 0 unspecified atom stereocenters. The van der Waals surface area contributed by atoms with E-state index in [2.05, 4.69) is 185 Å². The van der Waals surface area contributed by atoms with Gasteiger partial charge >= 0.3 is 378 Å². The summed E-state index contributed by atoms with van der Waals surface area (Å²) in [4.78, 5) is 8.09. The van der Waals surface area contributed by atoms with Crippen LogP contribution in [0, 0.1) is 32.1 Å². The van der Waals surface area contributed by atoms with Crippen LogP contribution in [0.5, 0.6) is 0 Å². The van der Waals surface area contributed by atoms with Gasteiger partial charge in [0.05, 0.1) is 0 Å². The fourth-order valence-corrected chi connectivity index (χ4v) is 19.5. The van der Waals surface area contributed by atoms with Crippen LogP contribution in [0.25, 0.3) is 52.7 Å². The number of hydrogen-bond acceptors (Lipinski definition) is 4. The maximum absolute atomic E-state index is 4.05. The number of fused-ring (bicyclic) bond motifs is 2. The third-order valence-corrected chi connectivity index (χ3v) is 22.0. The van der Waals surface area contributed by atoms with Crippen molar-refractivity contribution in [2.75, 3.05) is 0 Å². The number of hydrogen-bond donors (Lipinski definition) is 0. The minimum atomic E-state index is -2.49. The summed E-state index contributed by atoms with van der Waals surface area (Å²) in [6.45, 7) is 13.4. The van der Waals surface area contributed by atoms with Crippen LogP contribution in [0.15, 0.2) is 150 Å². The summed E-state index contributed by atoms with van der Waals surface area (Å²) in [5.74, 6) is 0. The molecule has 4 aromatic heterocycles. The van der Waals surface area contributed by atoms with E-state index in [-0.39, 0.29) is 0 Å². The number of aryl methyl sites for hydroxylation is 4. The fraction of sp³-hybridized carbons (Fsp3) is 0.167. The van der Waals surface area contributed by atoms with Crippen LogP contribution in [0.4, 0.5) is 0 Å². The van der Waals surface area contributed by atoms with Crippen LogP contribution in [0.2, 0.25) is 0 Å². The van der Waals surface area contributed by atoms with Crippen molar-refractivity contribution in [1.29, 1.82) is 0 Å². The quantitative estimate of drug-likeness (QED) is 0.126. The molecule has 9 rings (SSSR count). The van der Waals surface area contributed by atoms with Crippen molar-refractivity contribution in [3.05, 3.63) is 181 Å². The average molecular weight is 1050 g/mol. The molecule has 0 amide bonds. The first-order chi connectivity index (χ1) is 29.3. The Kier molecular flexibility index (Phi) is 12.0. The molecule has 8 aromatic rings. The summed E-state index contributed by atoms with van der Waals surface area (Å²) < 4.78 is 6.80. The molecule has 0 nitrogen and oxygen atoms in total. The van der Waals surface area contributed by atoms with Crippen LogP contribution in [0.1, 0.15) is 63.7 Å². The average Bonchev–Trinajstić information content (AvgIpc) is 4.12. The second-order valence-corrected chi connectivity index (χ2v) is 24.2. The van der Waals surface area contributed by atoms with Crippen molar-refractivity contribution in [2.24, 2.45) is 0 Å².